The van der Waals surface area contributed by atoms with Crippen LogP contribution in [0.1, 0.15) is 36.0 Å². The van der Waals surface area contributed by atoms with Gasteiger partial charge in [0.25, 0.3) is 5.91 Å². The third kappa shape index (κ3) is 6.85. The number of carboxylic acid groups (broad SMARTS) is 1. The Labute approximate surface area is 196 Å². The van der Waals surface area contributed by atoms with Crippen LogP contribution in [0, 0.1) is 6.92 Å². The number of benzene rings is 1. The summed E-state index contributed by atoms with van der Waals surface area (Å²) in [6, 6.07) is 8.70. The van der Waals surface area contributed by atoms with Crippen molar-refractivity contribution in [3.63, 3.8) is 0 Å². The van der Waals surface area contributed by atoms with Crippen molar-refractivity contribution in [2.75, 3.05) is 43.0 Å². The highest BCUT2D eigenvalue weighted by Gasteiger charge is 2.26. The van der Waals surface area contributed by atoms with Crippen LogP contribution < -0.4 is 15.0 Å². The van der Waals surface area contributed by atoms with Gasteiger partial charge in [0.2, 0.25) is 0 Å². The number of carboxylic acids is 1. The molecule has 0 atom stereocenters. The Morgan fingerprint density at radius 2 is 1.79 bits per heavy atom. The molecule has 1 saturated heterocycles. The molecule has 2 aromatic rings. The second kappa shape index (κ2) is 10.1. The van der Waals surface area contributed by atoms with E-state index in [2.05, 4.69) is 10.2 Å². The van der Waals surface area contributed by atoms with Crippen LogP contribution in [0.2, 0.25) is 0 Å². The number of rotatable bonds is 6. The van der Waals surface area contributed by atoms with Gasteiger partial charge >= 0.3 is 12.1 Å². The first-order valence-corrected chi connectivity index (χ1v) is 11.4. The number of amides is 2. The molecular weight excluding hydrogens is 446 g/mol. The largest absolute Gasteiger partial charge is 0.482 e. The predicted molar refractivity (Wildman–Crippen MR) is 127 cm³/mol. The number of hydrogen-bond acceptors (Lipinski definition) is 7. The van der Waals surface area contributed by atoms with Crippen LogP contribution in [-0.2, 0) is 9.53 Å². The average molecular weight is 476 g/mol. The number of thiophene rings is 1. The SMILES string of the molecule is Cc1cc(OCC(=O)O)ccc1NC(=O)c1ccc(N2CCN(C(=O)OC(C)(C)C)CC2)s1. The summed E-state index contributed by atoms with van der Waals surface area (Å²) in [6.07, 6.45) is -0.303. The highest BCUT2D eigenvalue weighted by Crippen LogP contribution is 2.29. The smallest absolute Gasteiger partial charge is 0.410 e. The van der Waals surface area contributed by atoms with Gasteiger partial charge in [0, 0.05) is 31.9 Å². The fraction of sp³-hybridized carbons (Fsp3) is 0.435. The minimum atomic E-state index is -1.05. The Kier molecular flexibility index (Phi) is 7.47. The molecule has 9 nitrogen and oxygen atoms in total. The van der Waals surface area contributed by atoms with Gasteiger partial charge in [0.05, 0.1) is 9.88 Å². The summed E-state index contributed by atoms with van der Waals surface area (Å²) in [5.74, 6) is -0.845. The molecule has 2 N–H and O–H groups in total. The van der Waals surface area contributed by atoms with Crippen LogP contribution in [0.4, 0.5) is 15.5 Å². The number of aliphatic carboxylic acids is 1. The van der Waals surface area contributed by atoms with E-state index in [-0.39, 0.29) is 12.0 Å². The van der Waals surface area contributed by atoms with Gasteiger partial charge in [-0.15, -0.1) is 11.3 Å². The van der Waals surface area contributed by atoms with Crippen LogP contribution in [0.5, 0.6) is 5.75 Å². The fourth-order valence-corrected chi connectivity index (χ4v) is 4.20. The standard InChI is InChI=1S/C23H29N3O6S/c1-15-13-16(31-14-20(27)28)5-6-17(15)24-21(29)18-7-8-19(33-18)25-9-11-26(12-10-25)22(30)32-23(2,3)4/h5-8,13H,9-12,14H2,1-4H3,(H,24,29)(H,27,28). The number of aryl methyl sites for hydroxylation is 1. The first-order valence-electron chi connectivity index (χ1n) is 10.6. The van der Waals surface area contributed by atoms with Gasteiger partial charge in [-0.3, -0.25) is 4.79 Å². The molecule has 1 aromatic heterocycles. The molecule has 0 bridgehead atoms. The maximum absolute atomic E-state index is 12.7. The minimum Gasteiger partial charge on any atom is -0.482 e. The van der Waals surface area contributed by atoms with E-state index in [1.165, 1.54) is 11.3 Å². The van der Waals surface area contributed by atoms with Crippen LogP contribution in [0.25, 0.3) is 0 Å². The number of carbonyl (C=O) groups is 3. The van der Waals surface area contributed by atoms with E-state index >= 15 is 0 Å². The minimum absolute atomic E-state index is 0.221. The van der Waals surface area contributed by atoms with Gasteiger partial charge in [0.15, 0.2) is 6.61 Å². The number of nitrogens with zero attached hydrogens (tertiary/aromatic N) is 2. The van der Waals surface area contributed by atoms with Crippen molar-refractivity contribution in [1.82, 2.24) is 4.90 Å². The van der Waals surface area contributed by atoms with E-state index in [1.54, 1.807) is 29.2 Å². The van der Waals surface area contributed by atoms with Gasteiger partial charge in [-0.2, -0.15) is 0 Å². The number of piperazine rings is 1. The molecule has 2 amide bonds. The summed E-state index contributed by atoms with van der Waals surface area (Å²) in [4.78, 5) is 40.0. The molecular formula is C23H29N3O6S. The lowest BCUT2D eigenvalue weighted by molar-refractivity contribution is -0.139. The van der Waals surface area contributed by atoms with E-state index < -0.39 is 18.2 Å². The monoisotopic (exact) mass is 475 g/mol. The molecule has 178 valence electrons. The van der Waals surface area contributed by atoms with Crippen molar-refractivity contribution >= 4 is 40.0 Å². The number of ether oxygens (including phenoxy) is 2. The summed E-state index contributed by atoms with van der Waals surface area (Å²) in [6.45, 7) is 9.39. The van der Waals surface area contributed by atoms with Gasteiger partial charge in [-0.1, -0.05) is 0 Å². The molecule has 0 aliphatic carbocycles. The summed E-state index contributed by atoms with van der Waals surface area (Å²) < 4.78 is 10.6. The first kappa shape index (κ1) is 24.4. The van der Waals surface area contributed by atoms with Crippen molar-refractivity contribution in [2.45, 2.75) is 33.3 Å². The maximum Gasteiger partial charge on any atom is 0.410 e. The predicted octanol–water partition coefficient (Wildman–Crippen LogP) is 3.83. The molecule has 1 aliphatic rings. The molecule has 0 saturated carbocycles. The van der Waals surface area contributed by atoms with Crippen LogP contribution in [0.3, 0.4) is 0 Å². The number of carbonyl (C=O) groups excluding carboxylic acids is 2. The van der Waals surface area contributed by atoms with E-state index in [9.17, 15) is 14.4 Å². The third-order valence-corrected chi connectivity index (χ3v) is 6.01. The highest BCUT2D eigenvalue weighted by molar-refractivity contribution is 7.18. The fourth-order valence-electron chi connectivity index (χ4n) is 3.25. The summed E-state index contributed by atoms with van der Waals surface area (Å²) in [7, 11) is 0. The van der Waals surface area contributed by atoms with Crippen LogP contribution in [-0.4, -0.2) is 66.4 Å². The molecule has 0 unspecified atom stereocenters. The maximum atomic E-state index is 12.7. The molecule has 2 heterocycles. The third-order valence-electron chi connectivity index (χ3n) is 4.87. The Morgan fingerprint density at radius 3 is 2.39 bits per heavy atom. The van der Waals surface area contributed by atoms with Gasteiger partial charge in [0.1, 0.15) is 11.4 Å². The van der Waals surface area contributed by atoms with Crippen LogP contribution in [0.15, 0.2) is 30.3 Å². The molecule has 33 heavy (non-hydrogen) atoms. The van der Waals surface area contributed by atoms with Crippen LogP contribution >= 0.6 is 11.3 Å². The van der Waals surface area contributed by atoms with Crippen molar-refractivity contribution in [3.8, 4) is 5.75 Å². The van der Waals surface area contributed by atoms with Gasteiger partial charge in [-0.25, -0.2) is 9.59 Å². The summed E-state index contributed by atoms with van der Waals surface area (Å²) >= 11 is 1.40. The normalized spacial score (nSPS) is 14.1. The van der Waals surface area contributed by atoms with Crippen molar-refractivity contribution in [2.24, 2.45) is 0 Å². The van der Waals surface area contributed by atoms with Crippen molar-refractivity contribution in [3.05, 3.63) is 40.8 Å². The molecule has 0 radical (unpaired) electrons. The zero-order valence-corrected chi connectivity index (χ0v) is 20.0. The van der Waals surface area contributed by atoms with E-state index in [1.807, 2.05) is 33.8 Å². The Bertz CT molecular complexity index is 1020. The second-order valence-electron chi connectivity index (χ2n) is 8.71. The second-order valence-corrected chi connectivity index (χ2v) is 9.77. The quantitative estimate of drug-likeness (QED) is 0.654. The molecule has 10 heteroatoms. The molecule has 1 aliphatic heterocycles. The molecule has 1 aromatic carbocycles. The topological polar surface area (TPSA) is 108 Å². The van der Waals surface area contributed by atoms with Crippen molar-refractivity contribution < 1.29 is 29.0 Å². The molecule has 3 rings (SSSR count). The Morgan fingerprint density at radius 1 is 1.09 bits per heavy atom. The lowest BCUT2D eigenvalue weighted by atomic mass is 10.2. The number of hydrogen-bond donors (Lipinski definition) is 2. The first-order chi connectivity index (χ1) is 15.5. The number of nitrogens with one attached hydrogen (secondary N) is 1. The molecule has 1 fully saturated rings. The molecule has 0 spiro atoms. The number of anilines is 2. The van der Waals surface area contributed by atoms with E-state index in [4.69, 9.17) is 14.6 Å². The van der Waals surface area contributed by atoms with Crippen molar-refractivity contribution in [1.29, 1.82) is 0 Å². The summed E-state index contributed by atoms with van der Waals surface area (Å²) in [5.41, 5.74) is 0.874. The van der Waals surface area contributed by atoms with E-state index in [0.717, 1.165) is 10.6 Å². The average Bonchev–Trinajstić information content (AvgIpc) is 3.23. The van der Waals surface area contributed by atoms with Gasteiger partial charge in [-0.05, 0) is 63.6 Å². The van der Waals surface area contributed by atoms with Gasteiger partial charge < -0.3 is 29.7 Å². The lowest BCUT2D eigenvalue weighted by Crippen LogP contribution is -2.49. The highest BCUT2D eigenvalue weighted by atomic mass is 32.1. The zero-order chi connectivity index (χ0) is 24.2. The summed E-state index contributed by atoms with van der Waals surface area (Å²) in [5, 5.41) is 12.6. The Balaban J connectivity index is 1.56. The lowest BCUT2D eigenvalue weighted by Gasteiger charge is -2.36. The zero-order valence-electron chi connectivity index (χ0n) is 19.2. The Hall–Kier alpha value is -3.27. The van der Waals surface area contributed by atoms with E-state index in [0.29, 0.717) is 42.5 Å².